The lowest BCUT2D eigenvalue weighted by Crippen LogP contribution is -2.21. The molecule has 48 valence electrons. The lowest BCUT2D eigenvalue weighted by atomic mass is 10.2. The molecule has 1 atom stereocenters. The molecule has 1 N–H and O–H groups in total. The van der Waals surface area contributed by atoms with Gasteiger partial charge in [-0.05, 0) is 6.42 Å². The fourth-order valence-corrected chi connectivity index (χ4v) is 0.564. The van der Waals surface area contributed by atoms with Gasteiger partial charge in [-0.2, -0.15) is 5.26 Å². The molecule has 9 heavy (non-hydrogen) atoms. The smallest absolute Gasteiger partial charge is 0.177 e. The minimum Gasteiger partial charge on any atom is -0.309 e. The molecule has 0 radical (unpaired) electrons. The Balaban J connectivity index is 3.48. The van der Waals surface area contributed by atoms with Crippen LogP contribution in [0.3, 0.4) is 0 Å². The van der Waals surface area contributed by atoms with E-state index in [0.717, 1.165) is 12.8 Å². The Kier molecular flexibility index (Phi) is 4.36. The summed E-state index contributed by atoms with van der Waals surface area (Å²) in [7, 11) is 0. The summed E-state index contributed by atoms with van der Waals surface area (Å²) in [6.07, 6.45) is 8.76. The highest BCUT2D eigenvalue weighted by molar-refractivity contribution is 5.00. The normalized spacial score (nSPS) is 11.0. The van der Waals surface area contributed by atoms with Crippen molar-refractivity contribution in [2.45, 2.75) is 25.8 Å². The van der Waals surface area contributed by atoms with Crippen LogP contribution in [0.25, 0.3) is 0 Å². The number of terminal acetylenes is 1. The fraction of sp³-hybridized carbons (Fsp3) is 0.571. The van der Waals surface area contributed by atoms with Crippen LogP contribution in [0.4, 0.5) is 0 Å². The van der Waals surface area contributed by atoms with Gasteiger partial charge in [-0.1, -0.05) is 19.3 Å². The highest BCUT2D eigenvalue weighted by atomic mass is 14.9. The van der Waals surface area contributed by atoms with Crippen molar-refractivity contribution in [2.24, 2.45) is 0 Å². The molecule has 1 unspecified atom stereocenters. The number of nitrogens with zero attached hydrogens (tertiary/aromatic N) is 1. The zero-order valence-corrected chi connectivity index (χ0v) is 5.52. The van der Waals surface area contributed by atoms with Gasteiger partial charge in [0, 0.05) is 0 Å². The predicted molar refractivity (Wildman–Crippen MR) is 36.3 cm³/mol. The zero-order chi connectivity index (χ0) is 7.11. The maximum Gasteiger partial charge on any atom is 0.177 e. The van der Waals surface area contributed by atoms with Gasteiger partial charge in [0.1, 0.15) is 0 Å². The number of nitriles is 1. The van der Waals surface area contributed by atoms with Gasteiger partial charge >= 0.3 is 0 Å². The van der Waals surface area contributed by atoms with Gasteiger partial charge in [-0.15, -0.1) is 6.42 Å². The van der Waals surface area contributed by atoms with Crippen molar-refractivity contribution in [1.29, 1.82) is 5.26 Å². The summed E-state index contributed by atoms with van der Waals surface area (Å²) in [5.41, 5.74) is 0. The highest BCUT2D eigenvalue weighted by Gasteiger charge is 1.97. The SMILES string of the molecule is C#CC(CCC)NC#N. The average Bonchev–Trinajstić information content (AvgIpc) is 1.88. The molecule has 0 saturated carbocycles. The maximum absolute atomic E-state index is 8.14. The summed E-state index contributed by atoms with van der Waals surface area (Å²) >= 11 is 0. The van der Waals surface area contributed by atoms with E-state index in [9.17, 15) is 0 Å². The Hall–Kier alpha value is -1.15. The molecule has 0 aliphatic rings. The molecule has 0 rings (SSSR count). The van der Waals surface area contributed by atoms with Gasteiger partial charge in [-0.25, -0.2) is 0 Å². The maximum atomic E-state index is 8.14. The third kappa shape index (κ3) is 3.43. The van der Waals surface area contributed by atoms with E-state index in [2.05, 4.69) is 11.2 Å². The van der Waals surface area contributed by atoms with Crippen LogP contribution in [-0.4, -0.2) is 6.04 Å². The highest BCUT2D eigenvalue weighted by Crippen LogP contribution is 1.92. The predicted octanol–water partition coefficient (Wildman–Crippen LogP) is 0.859. The second kappa shape index (κ2) is 5.00. The Morgan fingerprint density at radius 1 is 1.78 bits per heavy atom. The Labute approximate surface area is 55.9 Å². The molecule has 0 fully saturated rings. The summed E-state index contributed by atoms with van der Waals surface area (Å²) in [6, 6.07) is -0.0694. The fourth-order valence-electron chi connectivity index (χ4n) is 0.564. The molecule has 2 nitrogen and oxygen atoms in total. The van der Waals surface area contributed by atoms with Crippen LogP contribution >= 0.6 is 0 Å². The van der Waals surface area contributed by atoms with Gasteiger partial charge in [0.15, 0.2) is 6.19 Å². The van der Waals surface area contributed by atoms with Crippen LogP contribution in [0.5, 0.6) is 0 Å². The van der Waals surface area contributed by atoms with Gasteiger partial charge in [0.2, 0.25) is 0 Å². The third-order valence-electron chi connectivity index (χ3n) is 1.02. The lowest BCUT2D eigenvalue weighted by Gasteiger charge is -2.03. The molecule has 0 aromatic rings. The average molecular weight is 122 g/mol. The monoisotopic (exact) mass is 122 g/mol. The molecule has 0 heterocycles. The van der Waals surface area contributed by atoms with E-state index in [1.807, 2.05) is 13.1 Å². The van der Waals surface area contributed by atoms with Crippen LogP contribution in [0.2, 0.25) is 0 Å². The Morgan fingerprint density at radius 3 is 2.78 bits per heavy atom. The Morgan fingerprint density at radius 2 is 2.44 bits per heavy atom. The number of hydrogen-bond acceptors (Lipinski definition) is 2. The van der Waals surface area contributed by atoms with E-state index in [1.165, 1.54) is 0 Å². The van der Waals surface area contributed by atoms with Crippen molar-refractivity contribution in [3.63, 3.8) is 0 Å². The van der Waals surface area contributed by atoms with Crippen LogP contribution in [0, 0.1) is 23.8 Å². The molecular weight excluding hydrogens is 112 g/mol. The first-order valence-corrected chi connectivity index (χ1v) is 2.95. The summed E-state index contributed by atoms with van der Waals surface area (Å²) < 4.78 is 0. The molecule has 0 bridgehead atoms. The van der Waals surface area contributed by atoms with Crippen molar-refractivity contribution in [1.82, 2.24) is 5.32 Å². The Bertz CT molecular complexity index is 138. The molecule has 2 heteroatoms. The van der Waals surface area contributed by atoms with E-state index < -0.39 is 0 Å². The summed E-state index contributed by atoms with van der Waals surface area (Å²) in [5.74, 6) is 2.47. The van der Waals surface area contributed by atoms with E-state index in [-0.39, 0.29) is 6.04 Å². The summed E-state index contributed by atoms with van der Waals surface area (Å²) in [5, 5.41) is 10.6. The number of hydrogen-bond donors (Lipinski definition) is 1. The standard InChI is InChI=1S/C7H10N2/c1-3-5-7(4-2)9-6-8/h2,7,9H,3,5H2,1H3. The van der Waals surface area contributed by atoms with Crippen molar-refractivity contribution in [3.05, 3.63) is 0 Å². The van der Waals surface area contributed by atoms with Crippen LogP contribution < -0.4 is 5.32 Å². The minimum absolute atomic E-state index is 0.0694. The number of nitrogens with one attached hydrogen (secondary N) is 1. The second-order valence-electron chi connectivity index (χ2n) is 1.76. The first-order chi connectivity index (χ1) is 4.35. The van der Waals surface area contributed by atoms with Crippen LogP contribution in [0.15, 0.2) is 0 Å². The van der Waals surface area contributed by atoms with E-state index >= 15 is 0 Å². The first-order valence-electron chi connectivity index (χ1n) is 2.95. The topological polar surface area (TPSA) is 35.8 Å². The zero-order valence-electron chi connectivity index (χ0n) is 5.52. The molecule has 0 aliphatic heterocycles. The van der Waals surface area contributed by atoms with Gasteiger partial charge in [0.05, 0.1) is 6.04 Å². The molecule has 0 aliphatic carbocycles. The quantitative estimate of drug-likeness (QED) is 0.342. The van der Waals surface area contributed by atoms with Crippen molar-refractivity contribution >= 4 is 0 Å². The molecule has 0 amide bonds. The van der Waals surface area contributed by atoms with Crippen molar-refractivity contribution in [2.75, 3.05) is 0 Å². The largest absolute Gasteiger partial charge is 0.309 e. The lowest BCUT2D eigenvalue weighted by molar-refractivity contribution is 0.651. The minimum atomic E-state index is -0.0694. The van der Waals surface area contributed by atoms with Crippen LogP contribution in [0.1, 0.15) is 19.8 Å². The molecule has 0 aromatic carbocycles. The molecule has 0 saturated heterocycles. The third-order valence-corrected chi connectivity index (χ3v) is 1.02. The number of rotatable bonds is 3. The van der Waals surface area contributed by atoms with E-state index in [0.29, 0.717) is 0 Å². The van der Waals surface area contributed by atoms with Gasteiger partial charge < -0.3 is 5.32 Å². The first kappa shape index (κ1) is 7.85. The van der Waals surface area contributed by atoms with Gasteiger partial charge in [0.25, 0.3) is 0 Å². The van der Waals surface area contributed by atoms with E-state index in [1.54, 1.807) is 0 Å². The molecule has 0 aromatic heterocycles. The van der Waals surface area contributed by atoms with Crippen molar-refractivity contribution < 1.29 is 0 Å². The summed E-state index contributed by atoms with van der Waals surface area (Å²) in [4.78, 5) is 0. The van der Waals surface area contributed by atoms with Gasteiger partial charge in [-0.3, -0.25) is 0 Å². The molecule has 0 spiro atoms. The van der Waals surface area contributed by atoms with E-state index in [4.69, 9.17) is 11.7 Å². The van der Waals surface area contributed by atoms with Crippen LogP contribution in [-0.2, 0) is 0 Å². The molecular formula is C7H10N2. The second-order valence-corrected chi connectivity index (χ2v) is 1.76. The summed E-state index contributed by atoms with van der Waals surface area (Å²) in [6.45, 7) is 2.03. The van der Waals surface area contributed by atoms with Crippen molar-refractivity contribution in [3.8, 4) is 18.5 Å².